The normalized spacial score (nSPS) is 12.3. The zero-order valence-corrected chi connectivity index (χ0v) is 10.7. The van der Waals surface area contributed by atoms with Crippen LogP contribution in [0.3, 0.4) is 0 Å². The molecule has 102 valence electrons. The van der Waals surface area contributed by atoms with Gasteiger partial charge in [-0.15, -0.1) is 0 Å². The molecule has 0 aromatic carbocycles. The summed E-state index contributed by atoms with van der Waals surface area (Å²) in [5, 5.41) is 6.43. The smallest absolute Gasteiger partial charge is 0.259 e. The molecule has 7 heteroatoms. The standard InChI is InChI=1S/C12H15N3O4/c1-7(17-2)6-14-12(16)9-10(15-19-11(9)13)8-4-3-5-18-8/h3-5,7H,6,13H2,1-2H3,(H,14,16). The largest absolute Gasteiger partial charge is 0.463 e. The van der Waals surface area contributed by atoms with Crippen molar-refractivity contribution in [3.05, 3.63) is 24.0 Å². The number of rotatable bonds is 5. The lowest BCUT2D eigenvalue weighted by atomic mass is 10.2. The maximum absolute atomic E-state index is 12.1. The van der Waals surface area contributed by atoms with Gasteiger partial charge in [0.15, 0.2) is 11.5 Å². The highest BCUT2D eigenvalue weighted by molar-refractivity contribution is 6.03. The molecule has 2 heterocycles. The molecular weight excluding hydrogens is 250 g/mol. The summed E-state index contributed by atoms with van der Waals surface area (Å²) in [7, 11) is 1.57. The monoisotopic (exact) mass is 265 g/mol. The van der Waals surface area contributed by atoms with Crippen molar-refractivity contribution in [2.75, 3.05) is 19.4 Å². The van der Waals surface area contributed by atoms with Gasteiger partial charge in [0.25, 0.3) is 5.91 Å². The number of ether oxygens (including phenoxy) is 1. The number of nitrogens with one attached hydrogen (secondary N) is 1. The first kappa shape index (κ1) is 13.2. The van der Waals surface area contributed by atoms with Crippen molar-refractivity contribution in [3.63, 3.8) is 0 Å². The van der Waals surface area contributed by atoms with Gasteiger partial charge in [0.1, 0.15) is 5.56 Å². The molecule has 0 bridgehead atoms. The van der Waals surface area contributed by atoms with E-state index in [1.54, 1.807) is 19.2 Å². The highest BCUT2D eigenvalue weighted by Gasteiger charge is 2.24. The van der Waals surface area contributed by atoms with E-state index in [1.165, 1.54) is 6.26 Å². The number of nitrogens with zero attached hydrogens (tertiary/aromatic N) is 1. The first-order valence-electron chi connectivity index (χ1n) is 5.73. The zero-order chi connectivity index (χ0) is 13.8. The summed E-state index contributed by atoms with van der Waals surface area (Å²) < 4.78 is 15.1. The third-order valence-corrected chi connectivity index (χ3v) is 2.65. The molecule has 1 atom stereocenters. The van der Waals surface area contributed by atoms with Gasteiger partial charge in [-0.1, -0.05) is 5.16 Å². The summed E-state index contributed by atoms with van der Waals surface area (Å²) in [6, 6.07) is 3.36. The predicted octanol–water partition coefficient (Wildman–Crippen LogP) is 1.28. The molecule has 0 radical (unpaired) electrons. The quantitative estimate of drug-likeness (QED) is 0.844. The van der Waals surface area contributed by atoms with Crippen LogP contribution in [0.4, 0.5) is 5.88 Å². The molecule has 0 saturated heterocycles. The number of furan rings is 1. The summed E-state index contributed by atoms with van der Waals surface area (Å²) in [6.45, 7) is 2.20. The van der Waals surface area contributed by atoms with Gasteiger partial charge in [-0.3, -0.25) is 4.79 Å². The van der Waals surface area contributed by atoms with Crippen LogP contribution in [0.1, 0.15) is 17.3 Å². The Balaban J connectivity index is 2.20. The molecule has 2 rings (SSSR count). The minimum atomic E-state index is -0.381. The second kappa shape index (κ2) is 5.57. The van der Waals surface area contributed by atoms with Crippen molar-refractivity contribution < 1.29 is 18.5 Å². The molecule has 1 amide bonds. The second-order valence-corrected chi connectivity index (χ2v) is 4.00. The Hall–Kier alpha value is -2.28. The Morgan fingerprint density at radius 1 is 1.63 bits per heavy atom. The number of nitrogen functional groups attached to an aromatic ring is 1. The minimum Gasteiger partial charge on any atom is -0.463 e. The highest BCUT2D eigenvalue weighted by atomic mass is 16.5. The Morgan fingerprint density at radius 3 is 3.05 bits per heavy atom. The van der Waals surface area contributed by atoms with Gasteiger partial charge in [0.2, 0.25) is 5.88 Å². The van der Waals surface area contributed by atoms with E-state index in [9.17, 15) is 4.79 Å². The zero-order valence-electron chi connectivity index (χ0n) is 10.7. The van der Waals surface area contributed by atoms with Crippen LogP contribution < -0.4 is 11.1 Å². The van der Waals surface area contributed by atoms with Gasteiger partial charge < -0.3 is 24.7 Å². The molecule has 0 saturated carbocycles. The first-order chi connectivity index (χ1) is 9.13. The number of methoxy groups -OCH3 is 1. The van der Waals surface area contributed by atoms with E-state index < -0.39 is 0 Å². The molecule has 0 spiro atoms. The van der Waals surface area contributed by atoms with E-state index >= 15 is 0 Å². The molecule has 0 aliphatic rings. The van der Waals surface area contributed by atoms with Gasteiger partial charge >= 0.3 is 0 Å². The third-order valence-electron chi connectivity index (χ3n) is 2.65. The summed E-state index contributed by atoms with van der Waals surface area (Å²) in [5.74, 6) is -0.00610. The molecule has 0 fully saturated rings. The van der Waals surface area contributed by atoms with E-state index in [0.29, 0.717) is 12.3 Å². The van der Waals surface area contributed by atoms with Crippen LogP contribution >= 0.6 is 0 Å². The Morgan fingerprint density at radius 2 is 2.42 bits per heavy atom. The first-order valence-corrected chi connectivity index (χ1v) is 5.73. The molecule has 7 nitrogen and oxygen atoms in total. The highest BCUT2D eigenvalue weighted by Crippen LogP contribution is 2.27. The lowest BCUT2D eigenvalue weighted by Crippen LogP contribution is -2.32. The SMILES string of the molecule is COC(C)CNC(=O)c1c(-c2ccco2)noc1N. The van der Waals surface area contributed by atoms with Gasteiger partial charge in [-0.2, -0.15) is 0 Å². The number of hydrogen-bond acceptors (Lipinski definition) is 6. The van der Waals surface area contributed by atoms with Gasteiger partial charge in [-0.25, -0.2) is 0 Å². The lowest BCUT2D eigenvalue weighted by molar-refractivity contribution is 0.0871. The number of amides is 1. The number of nitrogens with two attached hydrogens (primary N) is 1. The van der Waals surface area contributed by atoms with Crippen LogP contribution in [0.2, 0.25) is 0 Å². The van der Waals surface area contributed by atoms with Crippen molar-refractivity contribution in [2.45, 2.75) is 13.0 Å². The van der Waals surface area contributed by atoms with E-state index in [4.69, 9.17) is 19.4 Å². The van der Waals surface area contributed by atoms with Gasteiger partial charge in [0, 0.05) is 13.7 Å². The number of anilines is 1. The van der Waals surface area contributed by atoms with Crippen molar-refractivity contribution >= 4 is 11.8 Å². The number of hydrogen-bond donors (Lipinski definition) is 2. The molecule has 1 unspecified atom stereocenters. The van der Waals surface area contributed by atoms with Crippen LogP contribution in [0, 0.1) is 0 Å². The van der Waals surface area contributed by atoms with E-state index in [0.717, 1.165) is 0 Å². The molecule has 3 N–H and O–H groups in total. The third kappa shape index (κ3) is 2.76. The lowest BCUT2D eigenvalue weighted by Gasteiger charge is -2.10. The number of carbonyl (C=O) groups excluding carboxylic acids is 1. The van der Waals surface area contributed by atoms with Crippen LogP contribution in [-0.2, 0) is 4.74 Å². The van der Waals surface area contributed by atoms with Gasteiger partial charge in [-0.05, 0) is 19.1 Å². The molecule has 0 aliphatic heterocycles. The van der Waals surface area contributed by atoms with Crippen molar-refractivity contribution in [1.82, 2.24) is 10.5 Å². The summed E-state index contributed by atoms with van der Waals surface area (Å²) in [4.78, 5) is 12.1. The van der Waals surface area contributed by atoms with Gasteiger partial charge in [0.05, 0.1) is 12.4 Å². The average Bonchev–Trinajstić information content (AvgIpc) is 3.04. The summed E-state index contributed by atoms with van der Waals surface area (Å²) in [6.07, 6.45) is 1.38. The molecule has 2 aromatic heterocycles. The Labute approximate surface area is 109 Å². The Bertz CT molecular complexity index is 547. The predicted molar refractivity (Wildman–Crippen MR) is 67.4 cm³/mol. The summed E-state index contributed by atoms with van der Waals surface area (Å²) >= 11 is 0. The van der Waals surface area contributed by atoms with E-state index in [2.05, 4.69) is 10.5 Å². The maximum Gasteiger partial charge on any atom is 0.259 e. The number of aromatic nitrogens is 1. The average molecular weight is 265 g/mol. The van der Waals surface area contributed by atoms with Crippen molar-refractivity contribution in [3.8, 4) is 11.5 Å². The fourth-order valence-electron chi connectivity index (χ4n) is 1.51. The van der Waals surface area contributed by atoms with Crippen molar-refractivity contribution in [1.29, 1.82) is 0 Å². The molecule has 2 aromatic rings. The second-order valence-electron chi connectivity index (χ2n) is 4.00. The van der Waals surface area contributed by atoms with Crippen LogP contribution in [0.25, 0.3) is 11.5 Å². The van der Waals surface area contributed by atoms with Crippen LogP contribution in [-0.4, -0.2) is 30.8 Å². The fraction of sp³-hybridized carbons (Fsp3) is 0.333. The molecule has 0 aliphatic carbocycles. The minimum absolute atomic E-state index is 0.0473. The van der Waals surface area contributed by atoms with Crippen molar-refractivity contribution in [2.24, 2.45) is 0 Å². The molecular formula is C12H15N3O4. The number of carbonyl (C=O) groups is 1. The topological polar surface area (TPSA) is 104 Å². The Kier molecular flexibility index (Phi) is 3.86. The fourth-order valence-corrected chi connectivity index (χ4v) is 1.51. The maximum atomic E-state index is 12.1. The van der Waals surface area contributed by atoms with E-state index in [-0.39, 0.29) is 29.2 Å². The van der Waals surface area contributed by atoms with Crippen LogP contribution in [0.5, 0.6) is 0 Å². The summed E-state index contributed by atoms with van der Waals surface area (Å²) in [5.41, 5.74) is 6.07. The van der Waals surface area contributed by atoms with Crippen LogP contribution in [0.15, 0.2) is 27.3 Å². The van der Waals surface area contributed by atoms with E-state index in [1.807, 2.05) is 6.92 Å². The molecule has 19 heavy (non-hydrogen) atoms.